The van der Waals surface area contributed by atoms with E-state index in [0.717, 1.165) is 5.56 Å². The average molecular weight is 350 g/mol. The van der Waals surface area contributed by atoms with Crippen molar-refractivity contribution >= 4 is 12.0 Å². The van der Waals surface area contributed by atoms with Gasteiger partial charge in [-0.1, -0.05) is 30.3 Å². The van der Waals surface area contributed by atoms with Gasteiger partial charge in [0.05, 0.1) is 12.1 Å². The van der Waals surface area contributed by atoms with Crippen LogP contribution in [0.3, 0.4) is 0 Å². The molecule has 1 N–H and O–H groups in total. The maximum absolute atomic E-state index is 13.2. The minimum atomic E-state index is -2.58. The third-order valence-electron chi connectivity index (χ3n) is 4.97. The van der Waals surface area contributed by atoms with E-state index in [4.69, 9.17) is 0 Å². The standard InChI is InChI=1S/C19H24F2N2O2/c20-19(21)9-11-22(12-10-19)14-18(25)8-13-23(15-18)17(24)7-6-16-4-2-1-3-5-16/h1-7,25H,8-15H2/b7-6+/t18-/m1/s1. The number of rotatable bonds is 4. The summed E-state index contributed by atoms with van der Waals surface area (Å²) in [6, 6.07) is 9.55. The maximum atomic E-state index is 13.2. The van der Waals surface area contributed by atoms with Crippen LogP contribution in [-0.4, -0.2) is 65.1 Å². The Morgan fingerprint density at radius 1 is 1.12 bits per heavy atom. The summed E-state index contributed by atoms with van der Waals surface area (Å²) in [6.45, 7) is 1.65. The molecule has 25 heavy (non-hydrogen) atoms. The van der Waals surface area contributed by atoms with E-state index in [9.17, 15) is 18.7 Å². The summed E-state index contributed by atoms with van der Waals surface area (Å²) in [5, 5.41) is 10.7. The zero-order valence-electron chi connectivity index (χ0n) is 14.2. The lowest BCUT2D eigenvalue weighted by atomic mass is 10.00. The molecule has 4 nitrogen and oxygen atoms in total. The van der Waals surface area contributed by atoms with Crippen LogP contribution < -0.4 is 0 Å². The molecule has 0 saturated carbocycles. The van der Waals surface area contributed by atoms with Crippen LogP contribution in [-0.2, 0) is 4.79 Å². The van der Waals surface area contributed by atoms with Crippen molar-refractivity contribution < 1.29 is 18.7 Å². The molecule has 0 radical (unpaired) electrons. The van der Waals surface area contributed by atoms with Crippen LogP contribution in [0.4, 0.5) is 8.78 Å². The first-order valence-electron chi connectivity index (χ1n) is 8.70. The van der Waals surface area contributed by atoms with Gasteiger partial charge in [0, 0.05) is 45.1 Å². The summed E-state index contributed by atoms with van der Waals surface area (Å²) in [4.78, 5) is 15.8. The zero-order valence-corrected chi connectivity index (χ0v) is 14.2. The number of carbonyl (C=O) groups excluding carboxylic acids is 1. The molecule has 0 spiro atoms. The van der Waals surface area contributed by atoms with Crippen molar-refractivity contribution in [3.63, 3.8) is 0 Å². The second kappa shape index (κ2) is 7.22. The van der Waals surface area contributed by atoms with Crippen LogP contribution in [0.1, 0.15) is 24.8 Å². The molecule has 6 heteroatoms. The SMILES string of the molecule is O=C(/C=C/c1ccccc1)N1CC[C@@](O)(CN2CCC(F)(F)CC2)C1. The molecule has 2 saturated heterocycles. The fourth-order valence-corrected chi connectivity index (χ4v) is 3.47. The van der Waals surface area contributed by atoms with E-state index in [0.29, 0.717) is 19.5 Å². The Hall–Kier alpha value is -1.79. The highest BCUT2D eigenvalue weighted by atomic mass is 19.3. The lowest BCUT2D eigenvalue weighted by molar-refractivity contribution is -0.126. The first-order valence-corrected chi connectivity index (χ1v) is 8.70. The van der Waals surface area contributed by atoms with Gasteiger partial charge in [-0.05, 0) is 18.1 Å². The topological polar surface area (TPSA) is 43.8 Å². The third-order valence-corrected chi connectivity index (χ3v) is 4.97. The molecule has 0 bridgehead atoms. The number of likely N-dealkylation sites (tertiary alicyclic amines) is 2. The van der Waals surface area contributed by atoms with Crippen LogP contribution in [0, 0.1) is 0 Å². The molecule has 1 amide bonds. The van der Waals surface area contributed by atoms with E-state index in [2.05, 4.69) is 0 Å². The Balaban J connectivity index is 1.52. The van der Waals surface area contributed by atoms with Gasteiger partial charge in [-0.2, -0.15) is 0 Å². The van der Waals surface area contributed by atoms with Crippen molar-refractivity contribution in [3.8, 4) is 0 Å². The van der Waals surface area contributed by atoms with E-state index < -0.39 is 11.5 Å². The Bertz CT molecular complexity index is 626. The second-order valence-corrected chi connectivity index (χ2v) is 7.11. The third kappa shape index (κ3) is 4.86. The summed E-state index contributed by atoms with van der Waals surface area (Å²) < 4.78 is 26.5. The minimum Gasteiger partial charge on any atom is -0.387 e. The maximum Gasteiger partial charge on any atom is 0.250 e. The normalized spacial score (nSPS) is 27.1. The van der Waals surface area contributed by atoms with Crippen molar-refractivity contribution in [1.82, 2.24) is 9.80 Å². The number of carbonyl (C=O) groups is 1. The molecule has 1 atom stereocenters. The Kier molecular flexibility index (Phi) is 5.20. The molecule has 136 valence electrons. The number of halogens is 2. The summed E-state index contributed by atoms with van der Waals surface area (Å²) in [7, 11) is 0. The van der Waals surface area contributed by atoms with Gasteiger partial charge in [0.2, 0.25) is 5.91 Å². The van der Waals surface area contributed by atoms with Gasteiger partial charge >= 0.3 is 0 Å². The number of alkyl halides is 2. The predicted octanol–water partition coefficient (Wildman–Crippen LogP) is 2.39. The largest absolute Gasteiger partial charge is 0.387 e. The molecule has 0 aromatic heterocycles. The van der Waals surface area contributed by atoms with Crippen molar-refractivity contribution in [3.05, 3.63) is 42.0 Å². The number of piperidine rings is 1. The molecule has 2 heterocycles. The molecular weight excluding hydrogens is 326 g/mol. The smallest absolute Gasteiger partial charge is 0.250 e. The number of hydrogen-bond acceptors (Lipinski definition) is 3. The van der Waals surface area contributed by atoms with Gasteiger partial charge in [0.15, 0.2) is 0 Å². The van der Waals surface area contributed by atoms with E-state index >= 15 is 0 Å². The number of benzene rings is 1. The monoisotopic (exact) mass is 350 g/mol. The molecule has 2 fully saturated rings. The van der Waals surface area contributed by atoms with E-state index in [1.165, 1.54) is 6.08 Å². The van der Waals surface area contributed by atoms with E-state index in [1.54, 1.807) is 11.0 Å². The van der Waals surface area contributed by atoms with Gasteiger partial charge in [0.25, 0.3) is 5.92 Å². The van der Waals surface area contributed by atoms with Gasteiger partial charge in [-0.3, -0.25) is 9.69 Å². The molecule has 0 unspecified atom stereocenters. The highest BCUT2D eigenvalue weighted by Gasteiger charge is 2.41. The van der Waals surface area contributed by atoms with Crippen LogP contribution >= 0.6 is 0 Å². The molecule has 2 aliphatic heterocycles. The number of aliphatic hydroxyl groups is 1. The van der Waals surface area contributed by atoms with Gasteiger partial charge in [0.1, 0.15) is 0 Å². The average Bonchev–Trinajstić information content (AvgIpc) is 2.98. The Labute approximate surface area is 146 Å². The summed E-state index contributed by atoms with van der Waals surface area (Å²) in [5.41, 5.74) is -0.0670. The number of hydrogen-bond donors (Lipinski definition) is 1. The van der Waals surface area contributed by atoms with Crippen LogP contribution in [0.5, 0.6) is 0 Å². The van der Waals surface area contributed by atoms with Crippen LogP contribution in [0.25, 0.3) is 6.08 Å². The Morgan fingerprint density at radius 3 is 2.48 bits per heavy atom. The zero-order chi connectivity index (χ0) is 17.9. The minimum absolute atomic E-state index is 0.134. The van der Waals surface area contributed by atoms with Crippen molar-refractivity contribution in [2.75, 3.05) is 32.7 Å². The first kappa shape index (κ1) is 18.0. The first-order chi connectivity index (χ1) is 11.9. The lowest BCUT2D eigenvalue weighted by Crippen LogP contribution is -2.49. The summed E-state index contributed by atoms with van der Waals surface area (Å²) >= 11 is 0. The number of amides is 1. The molecule has 0 aliphatic carbocycles. The fraction of sp³-hybridized carbons (Fsp3) is 0.526. The highest BCUT2D eigenvalue weighted by molar-refractivity contribution is 5.92. The quantitative estimate of drug-likeness (QED) is 0.848. The van der Waals surface area contributed by atoms with Crippen molar-refractivity contribution in [2.24, 2.45) is 0 Å². The van der Waals surface area contributed by atoms with Gasteiger partial charge in [-0.25, -0.2) is 8.78 Å². The van der Waals surface area contributed by atoms with Crippen LogP contribution in [0.15, 0.2) is 36.4 Å². The molecular formula is C19H24F2N2O2. The van der Waals surface area contributed by atoms with E-state index in [1.807, 2.05) is 35.2 Å². The van der Waals surface area contributed by atoms with Gasteiger partial charge in [-0.15, -0.1) is 0 Å². The van der Waals surface area contributed by atoms with Crippen LogP contribution in [0.2, 0.25) is 0 Å². The van der Waals surface area contributed by atoms with Crippen molar-refractivity contribution in [1.29, 1.82) is 0 Å². The molecule has 1 aromatic carbocycles. The lowest BCUT2D eigenvalue weighted by Gasteiger charge is -2.36. The summed E-state index contributed by atoms with van der Waals surface area (Å²) in [5.74, 6) is -2.72. The molecule has 1 aromatic rings. The number of nitrogens with zero attached hydrogens (tertiary/aromatic N) is 2. The van der Waals surface area contributed by atoms with E-state index in [-0.39, 0.29) is 38.4 Å². The highest BCUT2D eigenvalue weighted by Crippen LogP contribution is 2.30. The van der Waals surface area contributed by atoms with Gasteiger partial charge < -0.3 is 10.0 Å². The molecule has 3 rings (SSSR count). The Morgan fingerprint density at radius 2 is 1.80 bits per heavy atom. The van der Waals surface area contributed by atoms with Crippen molar-refractivity contribution in [2.45, 2.75) is 30.8 Å². The predicted molar refractivity (Wildman–Crippen MR) is 92.2 cm³/mol. The fourth-order valence-electron chi connectivity index (χ4n) is 3.47. The second-order valence-electron chi connectivity index (χ2n) is 7.11. The summed E-state index contributed by atoms with van der Waals surface area (Å²) in [6.07, 6.45) is 3.43. The molecule has 2 aliphatic rings. The number of β-amino-alcohol motifs (C(OH)–C–C–N with tert-alkyl or cyclic N) is 1.